The Morgan fingerprint density at radius 3 is 2.05 bits per heavy atom. The van der Waals surface area contributed by atoms with E-state index in [0.29, 0.717) is 6.42 Å². The zero-order valence-corrected chi connectivity index (χ0v) is 13.2. The molecule has 1 unspecified atom stereocenters. The standard InChI is InChI=1S/C17H19ClO3/c1-19-14-6-4-5-12(7-14)8-17(18)13-9-15(20-2)11-16(10-13)21-3/h4-7,9-11,17H,8H2,1-3H3. The van der Waals surface area contributed by atoms with Gasteiger partial charge in [0.1, 0.15) is 17.2 Å². The number of alkyl halides is 1. The second kappa shape index (κ2) is 7.23. The molecule has 4 heteroatoms. The summed E-state index contributed by atoms with van der Waals surface area (Å²) in [6.45, 7) is 0. The Hall–Kier alpha value is -1.87. The van der Waals surface area contributed by atoms with Gasteiger partial charge in [0.15, 0.2) is 0 Å². The van der Waals surface area contributed by atoms with Crippen molar-refractivity contribution in [2.45, 2.75) is 11.8 Å². The number of benzene rings is 2. The molecule has 0 aliphatic rings. The first-order valence-electron chi connectivity index (χ1n) is 6.66. The lowest BCUT2D eigenvalue weighted by atomic mass is 10.0. The van der Waals surface area contributed by atoms with Crippen molar-refractivity contribution >= 4 is 11.6 Å². The zero-order chi connectivity index (χ0) is 15.2. The minimum Gasteiger partial charge on any atom is -0.497 e. The van der Waals surface area contributed by atoms with Gasteiger partial charge in [-0.1, -0.05) is 12.1 Å². The van der Waals surface area contributed by atoms with Gasteiger partial charge in [0.25, 0.3) is 0 Å². The lowest BCUT2D eigenvalue weighted by Crippen LogP contribution is -1.98. The van der Waals surface area contributed by atoms with Crippen molar-refractivity contribution in [1.82, 2.24) is 0 Å². The Balaban J connectivity index is 2.20. The number of hydrogen-bond donors (Lipinski definition) is 0. The zero-order valence-electron chi connectivity index (χ0n) is 12.4. The van der Waals surface area contributed by atoms with Crippen LogP contribution in [0.25, 0.3) is 0 Å². The Kier molecular flexibility index (Phi) is 5.34. The predicted octanol–water partition coefficient (Wildman–Crippen LogP) is 4.24. The van der Waals surface area contributed by atoms with E-state index < -0.39 is 0 Å². The molecule has 0 aliphatic carbocycles. The average molecular weight is 307 g/mol. The lowest BCUT2D eigenvalue weighted by Gasteiger charge is -2.14. The number of rotatable bonds is 6. The molecule has 0 spiro atoms. The molecule has 0 saturated heterocycles. The van der Waals surface area contributed by atoms with Gasteiger partial charge >= 0.3 is 0 Å². The minimum atomic E-state index is -0.166. The number of halogens is 1. The summed E-state index contributed by atoms with van der Waals surface area (Å²) in [5.74, 6) is 2.31. The SMILES string of the molecule is COc1cccc(CC(Cl)c2cc(OC)cc(OC)c2)c1. The van der Waals surface area contributed by atoms with E-state index >= 15 is 0 Å². The molecule has 0 heterocycles. The van der Waals surface area contributed by atoms with E-state index in [2.05, 4.69) is 0 Å². The quantitative estimate of drug-likeness (QED) is 0.747. The first kappa shape index (κ1) is 15.5. The second-order valence-corrected chi connectivity index (χ2v) is 5.20. The van der Waals surface area contributed by atoms with E-state index in [4.69, 9.17) is 25.8 Å². The summed E-state index contributed by atoms with van der Waals surface area (Å²) in [6, 6.07) is 13.6. The molecule has 21 heavy (non-hydrogen) atoms. The molecule has 1 atom stereocenters. The third-order valence-corrected chi connectivity index (χ3v) is 3.69. The predicted molar refractivity (Wildman–Crippen MR) is 84.8 cm³/mol. The molecule has 2 aromatic rings. The largest absolute Gasteiger partial charge is 0.497 e. The second-order valence-electron chi connectivity index (χ2n) is 4.67. The highest BCUT2D eigenvalue weighted by molar-refractivity contribution is 6.21. The summed E-state index contributed by atoms with van der Waals surface area (Å²) < 4.78 is 15.8. The summed E-state index contributed by atoms with van der Waals surface area (Å²) in [4.78, 5) is 0. The van der Waals surface area contributed by atoms with Crippen molar-refractivity contribution in [2.24, 2.45) is 0 Å². The molecule has 112 valence electrons. The van der Waals surface area contributed by atoms with Gasteiger partial charge < -0.3 is 14.2 Å². The van der Waals surface area contributed by atoms with Crippen molar-refractivity contribution in [2.75, 3.05) is 21.3 Å². The smallest absolute Gasteiger partial charge is 0.122 e. The molecule has 0 saturated carbocycles. The lowest BCUT2D eigenvalue weighted by molar-refractivity contribution is 0.393. The van der Waals surface area contributed by atoms with Gasteiger partial charge in [-0.2, -0.15) is 0 Å². The van der Waals surface area contributed by atoms with E-state index in [1.54, 1.807) is 21.3 Å². The topological polar surface area (TPSA) is 27.7 Å². The van der Waals surface area contributed by atoms with Gasteiger partial charge in [0.2, 0.25) is 0 Å². The molecule has 3 nitrogen and oxygen atoms in total. The highest BCUT2D eigenvalue weighted by Gasteiger charge is 2.12. The van der Waals surface area contributed by atoms with Crippen LogP contribution in [0, 0.1) is 0 Å². The van der Waals surface area contributed by atoms with Crippen LogP contribution in [0.2, 0.25) is 0 Å². The van der Waals surface area contributed by atoms with Crippen molar-refractivity contribution in [3.63, 3.8) is 0 Å². The van der Waals surface area contributed by atoms with E-state index in [-0.39, 0.29) is 5.38 Å². The van der Waals surface area contributed by atoms with E-state index in [0.717, 1.165) is 28.4 Å². The van der Waals surface area contributed by atoms with Crippen molar-refractivity contribution in [3.05, 3.63) is 53.6 Å². The number of ether oxygens (including phenoxy) is 3. The van der Waals surface area contributed by atoms with Gasteiger partial charge in [0, 0.05) is 6.07 Å². The normalized spacial score (nSPS) is 11.8. The van der Waals surface area contributed by atoms with Gasteiger partial charge in [-0.15, -0.1) is 11.6 Å². The monoisotopic (exact) mass is 306 g/mol. The summed E-state index contributed by atoms with van der Waals surface area (Å²) in [7, 11) is 4.91. The molecule has 0 N–H and O–H groups in total. The molecule has 0 radical (unpaired) electrons. The summed E-state index contributed by atoms with van der Waals surface area (Å²) in [6.07, 6.45) is 0.703. The molecule has 0 amide bonds. The fraction of sp³-hybridized carbons (Fsp3) is 0.294. The highest BCUT2D eigenvalue weighted by atomic mass is 35.5. The van der Waals surface area contributed by atoms with Crippen molar-refractivity contribution in [1.29, 1.82) is 0 Å². The third-order valence-electron chi connectivity index (χ3n) is 3.28. The summed E-state index contributed by atoms with van der Waals surface area (Å²) >= 11 is 6.54. The molecule has 2 rings (SSSR count). The Morgan fingerprint density at radius 1 is 0.857 bits per heavy atom. The number of methoxy groups -OCH3 is 3. The van der Waals surface area contributed by atoms with Crippen molar-refractivity contribution in [3.8, 4) is 17.2 Å². The Bertz CT molecular complexity index is 576. The van der Waals surface area contributed by atoms with Crippen LogP contribution in [0.15, 0.2) is 42.5 Å². The van der Waals surface area contributed by atoms with E-state index in [9.17, 15) is 0 Å². The average Bonchev–Trinajstić information content (AvgIpc) is 2.54. The maximum Gasteiger partial charge on any atom is 0.122 e. The van der Waals surface area contributed by atoms with Crippen LogP contribution in [-0.4, -0.2) is 21.3 Å². The molecular formula is C17H19ClO3. The fourth-order valence-corrected chi connectivity index (χ4v) is 2.44. The van der Waals surface area contributed by atoms with Gasteiger partial charge in [-0.05, 0) is 41.8 Å². The van der Waals surface area contributed by atoms with Gasteiger partial charge in [-0.3, -0.25) is 0 Å². The van der Waals surface area contributed by atoms with Crippen LogP contribution in [0.5, 0.6) is 17.2 Å². The molecule has 0 aromatic heterocycles. The van der Waals surface area contributed by atoms with Crippen LogP contribution in [0.3, 0.4) is 0 Å². The number of hydrogen-bond acceptors (Lipinski definition) is 3. The fourth-order valence-electron chi connectivity index (χ4n) is 2.13. The van der Waals surface area contributed by atoms with Crippen LogP contribution in [-0.2, 0) is 6.42 Å². The molecular weight excluding hydrogens is 288 g/mol. The minimum absolute atomic E-state index is 0.166. The maximum absolute atomic E-state index is 6.54. The van der Waals surface area contributed by atoms with Crippen LogP contribution in [0.4, 0.5) is 0 Å². The maximum atomic E-state index is 6.54. The molecule has 0 aliphatic heterocycles. The highest BCUT2D eigenvalue weighted by Crippen LogP contribution is 2.32. The van der Waals surface area contributed by atoms with Crippen LogP contribution in [0.1, 0.15) is 16.5 Å². The molecule has 2 aromatic carbocycles. The summed E-state index contributed by atoms with van der Waals surface area (Å²) in [5.41, 5.74) is 2.09. The van der Waals surface area contributed by atoms with E-state index in [1.165, 1.54) is 0 Å². The molecule has 0 bridgehead atoms. The van der Waals surface area contributed by atoms with Crippen LogP contribution < -0.4 is 14.2 Å². The van der Waals surface area contributed by atoms with Crippen molar-refractivity contribution < 1.29 is 14.2 Å². The first-order valence-corrected chi connectivity index (χ1v) is 7.10. The first-order chi connectivity index (χ1) is 10.2. The summed E-state index contributed by atoms with van der Waals surface area (Å²) in [5, 5.41) is -0.166. The Morgan fingerprint density at radius 2 is 1.48 bits per heavy atom. The third kappa shape index (κ3) is 4.05. The van der Waals surface area contributed by atoms with E-state index in [1.807, 2.05) is 42.5 Å². The molecule has 0 fully saturated rings. The van der Waals surface area contributed by atoms with Gasteiger partial charge in [0.05, 0.1) is 26.7 Å². The Labute approximate surface area is 130 Å². The van der Waals surface area contributed by atoms with Gasteiger partial charge in [-0.25, -0.2) is 0 Å². The van der Waals surface area contributed by atoms with Crippen LogP contribution >= 0.6 is 11.6 Å².